The summed E-state index contributed by atoms with van der Waals surface area (Å²) in [6.07, 6.45) is 0. The first-order valence-corrected chi connectivity index (χ1v) is 12.3. The molecule has 2 heterocycles. The zero-order valence-electron chi connectivity index (χ0n) is 16.9. The summed E-state index contributed by atoms with van der Waals surface area (Å²) in [7, 11) is 0. The van der Waals surface area contributed by atoms with Gasteiger partial charge in [-0.25, -0.2) is 4.98 Å². The van der Waals surface area contributed by atoms with Gasteiger partial charge in [-0.15, -0.1) is 11.3 Å². The highest BCUT2D eigenvalue weighted by molar-refractivity contribution is 7.99. The Labute approximate surface area is 207 Å². The Morgan fingerprint density at radius 1 is 1.09 bits per heavy atom. The molecule has 2 aromatic carbocycles. The average Bonchev–Trinajstić information content (AvgIpc) is 3.04. The number of hydrogen-bond acceptors (Lipinski definition) is 5. The molecule has 0 bridgehead atoms. The summed E-state index contributed by atoms with van der Waals surface area (Å²) < 4.78 is 1.48. The Morgan fingerprint density at radius 2 is 1.81 bits per heavy atom. The normalized spacial score (nSPS) is 11.2. The van der Waals surface area contributed by atoms with Crippen molar-refractivity contribution in [1.29, 1.82) is 0 Å². The van der Waals surface area contributed by atoms with E-state index in [9.17, 15) is 9.59 Å². The van der Waals surface area contributed by atoms with Gasteiger partial charge in [-0.05, 0) is 61.9 Å². The number of anilines is 1. The molecule has 0 saturated heterocycles. The number of benzene rings is 2. The fourth-order valence-corrected chi connectivity index (χ4v) is 5.39. The topological polar surface area (TPSA) is 64.0 Å². The fraction of sp³-hybridized carbons (Fsp3) is 0.136. The molecule has 0 fully saturated rings. The minimum absolute atomic E-state index is 0.0607. The van der Waals surface area contributed by atoms with E-state index in [2.05, 4.69) is 5.32 Å². The molecule has 4 rings (SSSR count). The number of nitrogens with zero attached hydrogens (tertiary/aromatic N) is 2. The van der Waals surface area contributed by atoms with Gasteiger partial charge < -0.3 is 5.32 Å². The van der Waals surface area contributed by atoms with Crippen molar-refractivity contribution >= 4 is 79.7 Å². The van der Waals surface area contributed by atoms with Crippen LogP contribution in [0.1, 0.15) is 10.4 Å². The molecule has 1 N–H and O–H groups in total. The zero-order valence-corrected chi connectivity index (χ0v) is 20.8. The second kappa shape index (κ2) is 9.45. The number of amides is 1. The van der Waals surface area contributed by atoms with Crippen molar-refractivity contribution < 1.29 is 4.79 Å². The van der Waals surface area contributed by atoms with Crippen LogP contribution in [-0.2, 0) is 4.79 Å². The Morgan fingerprint density at radius 3 is 2.50 bits per heavy atom. The number of carbonyl (C=O) groups is 1. The third-order valence-corrected chi connectivity index (χ3v) is 7.82. The summed E-state index contributed by atoms with van der Waals surface area (Å²) in [4.78, 5) is 32.4. The number of thioether (sulfide) groups is 1. The molecule has 5 nitrogen and oxygen atoms in total. The number of fused-ring (bicyclic) bond motifs is 1. The summed E-state index contributed by atoms with van der Waals surface area (Å²) in [5, 5.41) is 5.07. The van der Waals surface area contributed by atoms with Crippen LogP contribution in [0, 0.1) is 13.8 Å². The molecule has 1 amide bonds. The highest BCUT2D eigenvalue weighted by Crippen LogP contribution is 2.31. The molecule has 164 valence electrons. The number of aryl methyl sites for hydroxylation is 2. The highest BCUT2D eigenvalue weighted by Gasteiger charge is 2.19. The third-order valence-electron chi connectivity index (χ3n) is 4.79. The number of rotatable bonds is 5. The SMILES string of the molecule is Cc1sc2nc(SCC(=O)Nc3ccc(Cl)cc3)n(-c3ccc(Cl)c(Cl)c3)c(=O)c2c1C. The molecule has 4 aromatic rings. The Kier molecular flexibility index (Phi) is 6.83. The van der Waals surface area contributed by atoms with E-state index in [1.165, 1.54) is 27.7 Å². The molecule has 0 radical (unpaired) electrons. The van der Waals surface area contributed by atoms with Crippen molar-refractivity contribution in [3.63, 3.8) is 0 Å². The highest BCUT2D eigenvalue weighted by atomic mass is 35.5. The first-order chi connectivity index (χ1) is 15.2. The lowest BCUT2D eigenvalue weighted by Gasteiger charge is -2.13. The van der Waals surface area contributed by atoms with Crippen LogP contribution in [0.25, 0.3) is 15.9 Å². The number of thiophene rings is 1. The summed E-state index contributed by atoms with van der Waals surface area (Å²) in [5.74, 6) is -0.170. The predicted octanol–water partition coefficient (Wildman–Crippen LogP) is 6.76. The van der Waals surface area contributed by atoms with Crippen molar-refractivity contribution in [2.75, 3.05) is 11.1 Å². The van der Waals surface area contributed by atoms with Crippen molar-refractivity contribution in [3.05, 3.63) is 78.3 Å². The van der Waals surface area contributed by atoms with Gasteiger partial charge in [0.05, 0.1) is 26.9 Å². The third kappa shape index (κ3) is 4.67. The molecule has 0 spiro atoms. The molecule has 0 unspecified atom stereocenters. The van der Waals surface area contributed by atoms with E-state index in [0.29, 0.717) is 41.8 Å². The van der Waals surface area contributed by atoms with Crippen molar-refractivity contribution in [3.8, 4) is 5.69 Å². The Bertz CT molecular complexity index is 1400. The van der Waals surface area contributed by atoms with Gasteiger partial charge in [-0.3, -0.25) is 14.2 Å². The smallest absolute Gasteiger partial charge is 0.267 e. The maximum atomic E-state index is 13.5. The minimum atomic E-state index is -0.231. The van der Waals surface area contributed by atoms with Crippen molar-refractivity contribution in [2.45, 2.75) is 19.0 Å². The van der Waals surface area contributed by atoms with Crippen LogP contribution in [0.2, 0.25) is 15.1 Å². The van der Waals surface area contributed by atoms with Crippen LogP contribution in [0.5, 0.6) is 0 Å². The Hall–Kier alpha value is -2.03. The van der Waals surface area contributed by atoms with Gasteiger partial charge in [-0.2, -0.15) is 0 Å². The average molecular weight is 525 g/mol. The summed E-state index contributed by atoms with van der Waals surface area (Å²) in [6, 6.07) is 11.8. The molecule has 0 atom stereocenters. The van der Waals surface area contributed by atoms with E-state index in [4.69, 9.17) is 39.8 Å². The maximum absolute atomic E-state index is 13.5. The zero-order chi connectivity index (χ0) is 23.0. The van der Waals surface area contributed by atoms with Crippen LogP contribution in [0.15, 0.2) is 52.4 Å². The van der Waals surface area contributed by atoms with Gasteiger partial charge in [0, 0.05) is 15.6 Å². The van der Waals surface area contributed by atoms with E-state index in [-0.39, 0.29) is 17.2 Å². The summed E-state index contributed by atoms with van der Waals surface area (Å²) >= 11 is 20.8. The van der Waals surface area contributed by atoms with Gasteiger partial charge in [0.2, 0.25) is 5.91 Å². The van der Waals surface area contributed by atoms with Gasteiger partial charge in [0.1, 0.15) is 4.83 Å². The number of nitrogens with one attached hydrogen (secondary N) is 1. The maximum Gasteiger partial charge on any atom is 0.267 e. The van der Waals surface area contributed by atoms with Gasteiger partial charge >= 0.3 is 0 Å². The molecular formula is C22H16Cl3N3O2S2. The van der Waals surface area contributed by atoms with Gasteiger partial charge in [0.15, 0.2) is 5.16 Å². The summed E-state index contributed by atoms with van der Waals surface area (Å²) in [6.45, 7) is 3.86. The van der Waals surface area contributed by atoms with Gasteiger partial charge in [-0.1, -0.05) is 46.6 Å². The van der Waals surface area contributed by atoms with Crippen LogP contribution in [-0.4, -0.2) is 21.2 Å². The number of aromatic nitrogens is 2. The molecule has 0 aliphatic heterocycles. The van der Waals surface area contributed by atoms with Crippen LogP contribution in [0.4, 0.5) is 5.69 Å². The standard InChI is InChI=1S/C22H16Cl3N3O2S2/c1-11-12(2)32-20-19(11)21(30)28(15-7-8-16(24)17(25)9-15)22(27-20)31-10-18(29)26-14-5-3-13(23)4-6-14/h3-9H,10H2,1-2H3,(H,26,29). The van der Waals surface area contributed by atoms with E-state index in [0.717, 1.165) is 10.4 Å². The van der Waals surface area contributed by atoms with Gasteiger partial charge in [0.25, 0.3) is 5.56 Å². The van der Waals surface area contributed by atoms with E-state index in [1.807, 2.05) is 13.8 Å². The largest absolute Gasteiger partial charge is 0.325 e. The lowest BCUT2D eigenvalue weighted by Crippen LogP contribution is -2.23. The first kappa shape index (κ1) is 23.1. The molecule has 0 aliphatic rings. The Balaban J connectivity index is 1.72. The molecule has 32 heavy (non-hydrogen) atoms. The van der Waals surface area contributed by atoms with E-state index >= 15 is 0 Å². The lowest BCUT2D eigenvalue weighted by molar-refractivity contribution is -0.113. The fourth-order valence-electron chi connectivity index (χ4n) is 3.08. The van der Waals surface area contributed by atoms with Crippen LogP contribution >= 0.6 is 57.9 Å². The minimum Gasteiger partial charge on any atom is -0.325 e. The number of carbonyl (C=O) groups excluding carboxylic acids is 1. The van der Waals surface area contributed by atoms with Crippen molar-refractivity contribution in [1.82, 2.24) is 9.55 Å². The molecule has 0 saturated carbocycles. The second-order valence-corrected chi connectivity index (χ2v) is 10.3. The van der Waals surface area contributed by atoms with E-state index < -0.39 is 0 Å². The molecule has 10 heteroatoms. The molecular weight excluding hydrogens is 509 g/mol. The second-order valence-electron chi connectivity index (χ2n) is 6.94. The molecule has 0 aliphatic carbocycles. The van der Waals surface area contributed by atoms with Crippen LogP contribution in [0.3, 0.4) is 0 Å². The monoisotopic (exact) mass is 523 g/mol. The molecule has 2 aromatic heterocycles. The predicted molar refractivity (Wildman–Crippen MR) is 136 cm³/mol. The van der Waals surface area contributed by atoms with Crippen LogP contribution < -0.4 is 10.9 Å². The first-order valence-electron chi connectivity index (χ1n) is 9.41. The van der Waals surface area contributed by atoms with Crippen molar-refractivity contribution in [2.24, 2.45) is 0 Å². The number of halogens is 3. The van der Waals surface area contributed by atoms with E-state index in [1.54, 1.807) is 42.5 Å². The quantitative estimate of drug-likeness (QED) is 0.231. The summed E-state index contributed by atoms with van der Waals surface area (Å²) in [5.41, 5.74) is 1.85. The lowest BCUT2D eigenvalue weighted by atomic mass is 10.2. The number of hydrogen-bond donors (Lipinski definition) is 1.